The lowest BCUT2D eigenvalue weighted by atomic mass is 10.1. The van der Waals surface area contributed by atoms with Crippen LogP contribution >= 0.6 is 0 Å². The van der Waals surface area contributed by atoms with Gasteiger partial charge in [0.2, 0.25) is 0 Å². The van der Waals surface area contributed by atoms with E-state index in [1.54, 1.807) is 6.08 Å². The van der Waals surface area contributed by atoms with Crippen molar-refractivity contribution in [3.8, 4) is 0 Å². The highest BCUT2D eigenvalue weighted by atomic mass is 19.4. The molecule has 0 aliphatic carbocycles. The van der Waals surface area contributed by atoms with Gasteiger partial charge in [-0.25, -0.2) is 0 Å². The Kier molecular flexibility index (Phi) is 6.52. The minimum atomic E-state index is -4.26. The summed E-state index contributed by atoms with van der Waals surface area (Å²) >= 11 is 0. The molecule has 0 aliphatic heterocycles. The fourth-order valence-corrected chi connectivity index (χ4v) is 0.884. The van der Waals surface area contributed by atoms with E-state index >= 15 is 0 Å². The summed E-state index contributed by atoms with van der Waals surface area (Å²) < 4.78 is 39.3. The van der Waals surface area contributed by atoms with Crippen molar-refractivity contribution in [2.45, 2.75) is 25.1 Å². The van der Waals surface area contributed by atoms with Crippen molar-refractivity contribution in [1.82, 2.24) is 5.43 Å². The lowest BCUT2D eigenvalue weighted by molar-refractivity contribution is -0.174. The summed E-state index contributed by atoms with van der Waals surface area (Å²) in [5.41, 5.74) is 2.47. The summed E-state index contributed by atoms with van der Waals surface area (Å²) in [6.07, 6.45) is -1.58. The number of nitrogens with one attached hydrogen (secondary N) is 1. The van der Waals surface area contributed by atoms with Gasteiger partial charge in [0, 0.05) is 12.6 Å². The second-order valence-corrected chi connectivity index (χ2v) is 2.84. The lowest BCUT2D eigenvalue weighted by Crippen LogP contribution is -2.35. The summed E-state index contributed by atoms with van der Waals surface area (Å²) in [5, 5.41) is 0. The van der Waals surface area contributed by atoms with Crippen molar-refractivity contribution in [3.05, 3.63) is 12.7 Å². The number of rotatable bonds is 7. The first-order chi connectivity index (χ1) is 6.49. The van der Waals surface area contributed by atoms with Crippen LogP contribution in [0.2, 0.25) is 0 Å². The molecule has 0 saturated carbocycles. The number of ether oxygens (including phenoxy) is 1. The third kappa shape index (κ3) is 8.03. The Morgan fingerprint density at radius 3 is 2.57 bits per heavy atom. The van der Waals surface area contributed by atoms with E-state index in [0.29, 0.717) is 12.8 Å². The van der Waals surface area contributed by atoms with Crippen LogP contribution in [-0.4, -0.2) is 25.4 Å². The third-order valence-corrected chi connectivity index (χ3v) is 1.56. The molecule has 1 unspecified atom stereocenters. The number of hydrazine groups is 1. The van der Waals surface area contributed by atoms with E-state index in [9.17, 15) is 13.2 Å². The Bertz CT molecular complexity index is 161. The molecule has 0 radical (unpaired) electrons. The first kappa shape index (κ1) is 13.4. The van der Waals surface area contributed by atoms with Gasteiger partial charge in [0.1, 0.15) is 6.61 Å². The predicted molar refractivity (Wildman–Crippen MR) is 47.4 cm³/mol. The zero-order chi connectivity index (χ0) is 11.0. The van der Waals surface area contributed by atoms with Crippen LogP contribution in [0.25, 0.3) is 0 Å². The minimum Gasteiger partial charge on any atom is -0.372 e. The van der Waals surface area contributed by atoms with Crippen molar-refractivity contribution in [1.29, 1.82) is 0 Å². The highest BCUT2D eigenvalue weighted by Gasteiger charge is 2.27. The molecular weight excluding hydrogens is 197 g/mol. The van der Waals surface area contributed by atoms with E-state index in [0.717, 1.165) is 0 Å². The molecule has 0 saturated heterocycles. The molecule has 0 fully saturated rings. The molecule has 6 heteroatoms. The molecule has 0 aromatic heterocycles. The van der Waals surface area contributed by atoms with E-state index in [-0.39, 0.29) is 12.6 Å². The molecule has 0 amide bonds. The molecule has 1 atom stereocenters. The Morgan fingerprint density at radius 2 is 2.14 bits per heavy atom. The summed E-state index contributed by atoms with van der Waals surface area (Å²) in [5.74, 6) is 5.15. The summed E-state index contributed by atoms with van der Waals surface area (Å²) in [7, 11) is 0. The normalized spacial score (nSPS) is 14.0. The Morgan fingerprint density at radius 1 is 1.50 bits per heavy atom. The molecule has 3 nitrogen and oxygen atoms in total. The summed E-state index contributed by atoms with van der Waals surface area (Å²) in [4.78, 5) is 0. The van der Waals surface area contributed by atoms with Crippen LogP contribution in [0.4, 0.5) is 13.2 Å². The zero-order valence-electron chi connectivity index (χ0n) is 7.81. The molecule has 0 bridgehead atoms. The highest BCUT2D eigenvalue weighted by molar-refractivity contribution is 4.76. The van der Waals surface area contributed by atoms with Crippen LogP contribution in [0, 0.1) is 0 Å². The van der Waals surface area contributed by atoms with Crippen LogP contribution in [-0.2, 0) is 4.74 Å². The maximum atomic E-state index is 11.6. The quantitative estimate of drug-likeness (QED) is 0.290. The zero-order valence-corrected chi connectivity index (χ0v) is 7.81. The van der Waals surface area contributed by atoms with Crippen molar-refractivity contribution < 1.29 is 17.9 Å². The van der Waals surface area contributed by atoms with Crippen molar-refractivity contribution >= 4 is 0 Å². The Labute approximate surface area is 81.1 Å². The van der Waals surface area contributed by atoms with E-state index in [2.05, 4.69) is 16.7 Å². The first-order valence-electron chi connectivity index (χ1n) is 4.21. The average Bonchev–Trinajstić information content (AvgIpc) is 2.08. The maximum absolute atomic E-state index is 11.6. The molecule has 3 N–H and O–H groups in total. The molecule has 84 valence electrons. The van der Waals surface area contributed by atoms with E-state index < -0.39 is 12.8 Å². The third-order valence-electron chi connectivity index (χ3n) is 1.56. The fourth-order valence-electron chi connectivity index (χ4n) is 0.884. The van der Waals surface area contributed by atoms with Crippen LogP contribution in [0.1, 0.15) is 12.8 Å². The topological polar surface area (TPSA) is 47.3 Å². The van der Waals surface area contributed by atoms with Gasteiger partial charge < -0.3 is 4.74 Å². The second kappa shape index (κ2) is 6.80. The lowest BCUT2D eigenvalue weighted by Gasteiger charge is -2.14. The van der Waals surface area contributed by atoms with Crippen LogP contribution in [0.15, 0.2) is 12.7 Å². The maximum Gasteiger partial charge on any atom is 0.411 e. The minimum absolute atomic E-state index is 0.0300. The van der Waals surface area contributed by atoms with Gasteiger partial charge >= 0.3 is 6.18 Å². The van der Waals surface area contributed by atoms with Gasteiger partial charge in [-0.3, -0.25) is 11.3 Å². The molecule has 0 aliphatic rings. The SMILES string of the molecule is C=CCC(CCOCC(F)(F)F)NN. The second-order valence-electron chi connectivity index (χ2n) is 2.84. The average molecular weight is 212 g/mol. The summed E-state index contributed by atoms with van der Waals surface area (Å²) in [6.45, 7) is 2.32. The standard InChI is InChI=1S/C8H15F3N2O/c1-2-3-7(13-12)4-5-14-6-8(9,10)11/h2,7,13H,1,3-6,12H2. The smallest absolute Gasteiger partial charge is 0.372 e. The predicted octanol–water partition coefficient (Wildman–Crippen LogP) is 1.36. The number of hydrogen-bond donors (Lipinski definition) is 2. The molecule has 0 aromatic rings. The van der Waals surface area contributed by atoms with Crippen molar-refractivity contribution in [2.75, 3.05) is 13.2 Å². The number of hydrogen-bond acceptors (Lipinski definition) is 3. The van der Waals surface area contributed by atoms with E-state index in [4.69, 9.17) is 5.84 Å². The molecule has 0 heterocycles. The van der Waals surface area contributed by atoms with Crippen LogP contribution in [0.5, 0.6) is 0 Å². The largest absolute Gasteiger partial charge is 0.411 e. The Balaban J connectivity index is 3.46. The van der Waals surface area contributed by atoms with Gasteiger partial charge in [-0.1, -0.05) is 6.08 Å². The Hall–Kier alpha value is -0.590. The van der Waals surface area contributed by atoms with Crippen molar-refractivity contribution in [2.24, 2.45) is 5.84 Å². The molecule has 14 heavy (non-hydrogen) atoms. The monoisotopic (exact) mass is 212 g/mol. The van der Waals surface area contributed by atoms with Gasteiger partial charge in [0.15, 0.2) is 0 Å². The molecule has 0 aromatic carbocycles. The van der Waals surface area contributed by atoms with Gasteiger partial charge in [0.05, 0.1) is 0 Å². The number of nitrogens with two attached hydrogens (primary N) is 1. The van der Waals surface area contributed by atoms with Crippen molar-refractivity contribution in [3.63, 3.8) is 0 Å². The number of alkyl halides is 3. The van der Waals surface area contributed by atoms with Gasteiger partial charge in [0.25, 0.3) is 0 Å². The number of halogens is 3. The van der Waals surface area contributed by atoms with Crippen LogP contribution < -0.4 is 11.3 Å². The van der Waals surface area contributed by atoms with Gasteiger partial charge in [-0.05, 0) is 12.8 Å². The fraction of sp³-hybridized carbons (Fsp3) is 0.750. The first-order valence-corrected chi connectivity index (χ1v) is 4.21. The highest BCUT2D eigenvalue weighted by Crippen LogP contribution is 2.14. The summed E-state index contributed by atoms with van der Waals surface area (Å²) in [6, 6.07) is -0.0827. The molecule has 0 spiro atoms. The van der Waals surface area contributed by atoms with E-state index in [1.165, 1.54) is 0 Å². The van der Waals surface area contributed by atoms with Gasteiger partial charge in [-0.2, -0.15) is 13.2 Å². The van der Waals surface area contributed by atoms with Crippen LogP contribution in [0.3, 0.4) is 0 Å². The van der Waals surface area contributed by atoms with E-state index in [1.807, 2.05) is 0 Å². The van der Waals surface area contributed by atoms with Gasteiger partial charge in [-0.15, -0.1) is 6.58 Å². The molecular formula is C8H15F3N2O. The molecule has 0 rings (SSSR count).